The number of rotatable bonds is 5. The zero-order chi connectivity index (χ0) is 17.9. The standard InChI is InChI=1S/C20H28N4O/c1-5-21-19(24-17-12-18(25-4)20(17,2)3)23-13-16-15-9-7-6-8-14(15)10-11-22-16/h6-11,17-18H,5,12-13H2,1-4H3,(H2,21,23,24). The number of aliphatic imine (C=N–C) groups is 1. The zero-order valence-corrected chi connectivity index (χ0v) is 15.5. The lowest BCUT2D eigenvalue weighted by molar-refractivity contribution is -0.0922. The van der Waals surface area contributed by atoms with Crippen molar-refractivity contribution in [2.45, 2.75) is 45.9 Å². The van der Waals surface area contributed by atoms with Crippen LogP contribution in [0.2, 0.25) is 0 Å². The Kier molecular flexibility index (Phi) is 5.23. The molecule has 0 aliphatic heterocycles. The Bertz CT molecular complexity index is 751. The van der Waals surface area contributed by atoms with Gasteiger partial charge in [0.05, 0.1) is 18.3 Å². The third-order valence-electron chi connectivity index (χ3n) is 5.26. The van der Waals surface area contributed by atoms with Crippen molar-refractivity contribution in [1.29, 1.82) is 0 Å². The van der Waals surface area contributed by atoms with E-state index in [0.717, 1.165) is 30.0 Å². The van der Waals surface area contributed by atoms with E-state index in [-0.39, 0.29) is 5.41 Å². The third-order valence-corrected chi connectivity index (χ3v) is 5.26. The number of fused-ring (bicyclic) bond motifs is 1. The molecule has 3 rings (SSSR count). The highest BCUT2D eigenvalue weighted by Crippen LogP contribution is 2.42. The molecule has 1 aliphatic carbocycles. The van der Waals surface area contributed by atoms with Crippen LogP contribution in [0.4, 0.5) is 0 Å². The van der Waals surface area contributed by atoms with Gasteiger partial charge in [0.1, 0.15) is 0 Å². The molecule has 1 heterocycles. The molecule has 25 heavy (non-hydrogen) atoms. The Morgan fingerprint density at radius 3 is 2.84 bits per heavy atom. The highest BCUT2D eigenvalue weighted by Gasteiger charge is 2.48. The zero-order valence-electron chi connectivity index (χ0n) is 15.5. The van der Waals surface area contributed by atoms with Crippen LogP contribution in [0.5, 0.6) is 0 Å². The summed E-state index contributed by atoms with van der Waals surface area (Å²) in [6.45, 7) is 7.93. The van der Waals surface area contributed by atoms with E-state index in [1.807, 2.05) is 24.4 Å². The topological polar surface area (TPSA) is 58.5 Å². The molecule has 1 fully saturated rings. The predicted octanol–water partition coefficient (Wildman–Crippen LogP) is 3.10. The Labute approximate surface area is 149 Å². The smallest absolute Gasteiger partial charge is 0.191 e. The van der Waals surface area contributed by atoms with Crippen molar-refractivity contribution >= 4 is 16.7 Å². The fraction of sp³-hybridized carbons (Fsp3) is 0.500. The maximum Gasteiger partial charge on any atom is 0.191 e. The molecule has 1 aromatic carbocycles. The van der Waals surface area contributed by atoms with Crippen molar-refractivity contribution in [1.82, 2.24) is 15.6 Å². The van der Waals surface area contributed by atoms with Gasteiger partial charge in [-0.15, -0.1) is 0 Å². The summed E-state index contributed by atoms with van der Waals surface area (Å²) in [6, 6.07) is 10.7. The first-order valence-electron chi connectivity index (χ1n) is 8.96. The highest BCUT2D eigenvalue weighted by molar-refractivity contribution is 5.85. The Balaban J connectivity index is 1.74. The molecule has 2 atom stereocenters. The number of guanidine groups is 1. The molecular formula is C20H28N4O. The van der Waals surface area contributed by atoms with Gasteiger partial charge in [0.2, 0.25) is 0 Å². The first-order chi connectivity index (χ1) is 12.1. The monoisotopic (exact) mass is 340 g/mol. The van der Waals surface area contributed by atoms with E-state index in [2.05, 4.69) is 48.5 Å². The van der Waals surface area contributed by atoms with E-state index in [9.17, 15) is 0 Å². The van der Waals surface area contributed by atoms with Crippen LogP contribution in [0.1, 0.15) is 32.9 Å². The molecular weight excluding hydrogens is 312 g/mol. The number of ether oxygens (including phenoxy) is 1. The van der Waals surface area contributed by atoms with Crippen molar-refractivity contribution in [3.8, 4) is 0 Å². The van der Waals surface area contributed by atoms with E-state index < -0.39 is 0 Å². The normalized spacial score (nSPS) is 22.5. The number of hydrogen-bond donors (Lipinski definition) is 2. The molecule has 0 amide bonds. The molecule has 5 nitrogen and oxygen atoms in total. The van der Waals surface area contributed by atoms with Crippen molar-refractivity contribution in [3.05, 3.63) is 42.2 Å². The average Bonchev–Trinajstić information content (AvgIpc) is 2.62. The summed E-state index contributed by atoms with van der Waals surface area (Å²) in [7, 11) is 1.79. The molecule has 134 valence electrons. The first-order valence-corrected chi connectivity index (χ1v) is 8.96. The highest BCUT2D eigenvalue weighted by atomic mass is 16.5. The number of benzene rings is 1. The van der Waals surface area contributed by atoms with E-state index >= 15 is 0 Å². The molecule has 1 aromatic heterocycles. The quantitative estimate of drug-likeness (QED) is 0.649. The Morgan fingerprint density at radius 1 is 1.32 bits per heavy atom. The number of aromatic nitrogens is 1. The van der Waals surface area contributed by atoms with Gasteiger partial charge in [-0.25, -0.2) is 4.99 Å². The van der Waals surface area contributed by atoms with Gasteiger partial charge in [0.25, 0.3) is 0 Å². The lowest BCUT2D eigenvalue weighted by Crippen LogP contribution is -2.63. The second kappa shape index (κ2) is 7.40. The molecule has 2 N–H and O–H groups in total. The summed E-state index contributed by atoms with van der Waals surface area (Å²) in [5.74, 6) is 0.838. The van der Waals surface area contributed by atoms with Crippen LogP contribution in [-0.2, 0) is 11.3 Å². The van der Waals surface area contributed by atoms with E-state index in [4.69, 9.17) is 9.73 Å². The molecule has 0 saturated heterocycles. The summed E-state index contributed by atoms with van der Waals surface area (Å²) in [5.41, 5.74) is 1.10. The summed E-state index contributed by atoms with van der Waals surface area (Å²) >= 11 is 0. The summed E-state index contributed by atoms with van der Waals surface area (Å²) in [5, 5.41) is 9.26. The van der Waals surface area contributed by atoms with E-state index in [1.54, 1.807) is 7.11 Å². The summed E-state index contributed by atoms with van der Waals surface area (Å²) < 4.78 is 5.54. The largest absolute Gasteiger partial charge is 0.381 e. The van der Waals surface area contributed by atoms with Crippen molar-refractivity contribution in [2.24, 2.45) is 10.4 Å². The third kappa shape index (κ3) is 3.61. The Morgan fingerprint density at radius 2 is 2.12 bits per heavy atom. The van der Waals surface area contributed by atoms with Crippen LogP contribution in [-0.4, -0.2) is 36.7 Å². The number of pyridine rings is 1. The minimum Gasteiger partial charge on any atom is -0.381 e. The van der Waals surface area contributed by atoms with Crippen molar-refractivity contribution in [2.75, 3.05) is 13.7 Å². The van der Waals surface area contributed by atoms with Gasteiger partial charge in [0.15, 0.2) is 5.96 Å². The predicted molar refractivity (Wildman–Crippen MR) is 103 cm³/mol. The maximum atomic E-state index is 5.54. The van der Waals surface area contributed by atoms with Crippen LogP contribution < -0.4 is 10.6 Å². The van der Waals surface area contributed by atoms with Gasteiger partial charge in [-0.1, -0.05) is 38.1 Å². The van der Waals surface area contributed by atoms with Gasteiger partial charge in [-0.2, -0.15) is 0 Å². The SMILES string of the molecule is CCNC(=NCc1nccc2ccccc12)NC1CC(OC)C1(C)C. The molecule has 1 saturated carbocycles. The first kappa shape index (κ1) is 17.7. The molecule has 2 aromatic rings. The molecule has 0 radical (unpaired) electrons. The van der Waals surface area contributed by atoms with Crippen LogP contribution in [0, 0.1) is 5.41 Å². The van der Waals surface area contributed by atoms with Crippen molar-refractivity contribution in [3.63, 3.8) is 0 Å². The number of methoxy groups -OCH3 is 1. The van der Waals surface area contributed by atoms with Crippen LogP contribution >= 0.6 is 0 Å². The molecule has 2 unspecified atom stereocenters. The molecule has 5 heteroatoms. The Hall–Kier alpha value is -2.14. The van der Waals surface area contributed by atoms with Gasteiger partial charge in [-0.05, 0) is 24.8 Å². The average molecular weight is 340 g/mol. The lowest BCUT2D eigenvalue weighted by Gasteiger charge is -2.51. The fourth-order valence-electron chi connectivity index (χ4n) is 3.48. The van der Waals surface area contributed by atoms with Gasteiger partial charge < -0.3 is 15.4 Å². The second-order valence-corrected chi connectivity index (χ2v) is 7.15. The van der Waals surface area contributed by atoms with E-state index in [0.29, 0.717) is 18.7 Å². The maximum absolute atomic E-state index is 5.54. The number of hydrogen-bond acceptors (Lipinski definition) is 3. The lowest BCUT2D eigenvalue weighted by atomic mass is 9.64. The second-order valence-electron chi connectivity index (χ2n) is 7.15. The molecule has 0 bridgehead atoms. The molecule has 0 spiro atoms. The van der Waals surface area contributed by atoms with Crippen molar-refractivity contribution < 1.29 is 4.74 Å². The summed E-state index contributed by atoms with van der Waals surface area (Å²) in [4.78, 5) is 9.29. The molecule has 1 aliphatic rings. The van der Waals surface area contributed by atoms with Crippen LogP contribution in [0.15, 0.2) is 41.5 Å². The number of nitrogens with one attached hydrogen (secondary N) is 2. The van der Waals surface area contributed by atoms with Gasteiger partial charge in [-0.3, -0.25) is 4.98 Å². The summed E-state index contributed by atoms with van der Waals surface area (Å²) in [6.07, 6.45) is 3.15. The van der Waals surface area contributed by atoms with Gasteiger partial charge >= 0.3 is 0 Å². The fourth-order valence-corrected chi connectivity index (χ4v) is 3.48. The van der Waals surface area contributed by atoms with Crippen LogP contribution in [0.3, 0.4) is 0 Å². The minimum absolute atomic E-state index is 0.0998. The minimum atomic E-state index is 0.0998. The van der Waals surface area contributed by atoms with Gasteiger partial charge in [0, 0.05) is 36.7 Å². The van der Waals surface area contributed by atoms with Crippen LogP contribution in [0.25, 0.3) is 10.8 Å². The number of nitrogens with zero attached hydrogens (tertiary/aromatic N) is 2. The van der Waals surface area contributed by atoms with E-state index in [1.165, 1.54) is 5.39 Å².